The molecule has 1 aliphatic heterocycles. The van der Waals surface area contributed by atoms with E-state index < -0.39 is 0 Å². The molecule has 0 bridgehead atoms. The predicted octanol–water partition coefficient (Wildman–Crippen LogP) is 3.00. The number of carbonyl (C=O) groups is 1. The molecule has 1 saturated carbocycles. The average Bonchev–Trinajstić information content (AvgIpc) is 3.10. The van der Waals surface area contributed by atoms with Gasteiger partial charge in [-0.25, -0.2) is 0 Å². The van der Waals surface area contributed by atoms with Crippen molar-refractivity contribution in [1.82, 2.24) is 15.3 Å². The number of hydrazine groups is 1. The third-order valence-electron chi connectivity index (χ3n) is 5.12. The fourth-order valence-corrected chi connectivity index (χ4v) is 3.59. The third kappa shape index (κ3) is 3.45. The van der Waals surface area contributed by atoms with Gasteiger partial charge in [0.05, 0.1) is 0 Å². The van der Waals surface area contributed by atoms with Crippen LogP contribution in [0.4, 0.5) is 0 Å². The van der Waals surface area contributed by atoms with Gasteiger partial charge < -0.3 is 5.32 Å². The van der Waals surface area contributed by atoms with E-state index in [1.807, 2.05) is 10.0 Å². The Kier molecular flexibility index (Phi) is 4.71. The van der Waals surface area contributed by atoms with E-state index in [-0.39, 0.29) is 11.3 Å². The Morgan fingerprint density at radius 1 is 1.27 bits per heavy atom. The van der Waals surface area contributed by atoms with Crippen LogP contribution < -0.4 is 5.32 Å². The number of allylic oxidation sites excluding steroid dienone is 1. The van der Waals surface area contributed by atoms with Gasteiger partial charge >= 0.3 is 0 Å². The van der Waals surface area contributed by atoms with Crippen molar-refractivity contribution in [1.29, 1.82) is 0 Å². The van der Waals surface area contributed by atoms with E-state index in [1.165, 1.54) is 25.7 Å². The molecule has 22 heavy (non-hydrogen) atoms. The van der Waals surface area contributed by atoms with Crippen LogP contribution in [0.3, 0.4) is 0 Å². The summed E-state index contributed by atoms with van der Waals surface area (Å²) in [5, 5.41) is 7.93. The molecule has 3 rings (SSSR count). The molecule has 122 valence electrons. The number of carbonyl (C=O) groups excluding carboxylic acids is 1. The quantitative estimate of drug-likeness (QED) is 0.638. The van der Waals surface area contributed by atoms with Gasteiger partial charge in [0.15, 0.2) is 5.11 Å². The minimum Gasteiger partial charge on any atom is -0.361 e. The molecule has 0 aromatic carbocycles. The highest BCUT2D eigenvalue weighted by molar-refractivity contribution is 7.80. The summed E-state index contributed by atoms with van der Waals surface area (Å²) in [6.07, 6.45) is 11.6. The van der Waals surface area contributed by atoms with Gasteiger partial charge in [-0.15, -0.1) is 0 Å². The predicted molar refractivity (Wildman–Crippen MR) is 92.1 cm³/mol. The molecule has 1 amide bonds. The molecule has 0 atom stereocenters. The van der Waals surface area contributed by atoms with Crippen LogP contribution in [0.2, 0.25) is 0 Å². The molecular formula is C17H27N3OS. The minimum absolute atomic E-state index is 0.120. The van der Waals surface area contributed by atoms with Crippen molar-refractivity contribution >= 4 is 23.2 Å². The van der Waals surface area contributed by atoms with E-state index in [1.54, 1.807) is 5.57 Å². The molecule has 0 aromatic rings. The first-order valence-electron chi connectivity index (χ1n) is 8.65. The zero-order valence-corrected chi connectivity index (χ0v) is 14.4. The second-order valence-corrected chi connectivity index (χ2v) is 7.44. The lowest BCUT2D eigenvalue weighted by Crippen LogP contribution is -2.51. The number of amides is 1. The molecule has 0 unspecified atom stereocenters. The molecule has 3 aliphatic rings. The second-order valence-electron chi connectivity index (χ2n) is 7.06. The van der Waals surface area contributed by atoms with Crippen LogP contribution in [-0.2, 0) is 4.79 Å². The Labute approximate surface area is 138 Å². The van der Waals surface area contributed by atoms with Crippen molar-refractivity contribution in [3.63, 3.8) is 0 Å². The largest absolute Gasteiger partial charge is 0.361 e. The van der Waals surface area contributed by atoms with E-state index in [9.17, 15) is 4.79 Å². The Bertz CT molecular complexity index is 484. The van der Waals surface area contributed by atoms with Crippen LogP contribution in [0, 0.1) is 5.41 Å². The van der Waals surface area contributed by atoms with Gasteiger partial charge in [-0.3, -0.25) is 14.8 Å². The molecular weight excluding hydrogens is 294 g/mol. The van der Waals surface area contributed by atoms with Gasteiger partial charge in [0.25, 0.3) is 0 Å². The molecule has 4 nitrogen and oxygen atoms in total. The lowest BCUT2D eigenvalue weighted by Gasteiger charge is -2.32. The van der Waals surface area contributed by atoms with Gasteiger partial charge in [-0.1, -0.05) is 18.6 Å². The molecule has 0 radical (unpaired) electrons. The van der Waals surface area contributed by atoms with Gasteiger partial charge in [0, 0.05) is 25.0 Å². The fourth-order valence-electron chi connectivity index (χ4n) is 3.30. The maximum absolute atomic E-state index is 12.6. The molecule has 0 aromatic heterocycles. The van der Waals surface area contributed by atoms with Crippen LogP contribution in [0.25, 0.3) is 0 Å². The van der Waals surface area contributed by atoms with Crippen molar-refractivity contribution in [2.45, 2.75) is 58.3 Å². The summed E-state index contributed by atoms with van der Waals surface area (Å²) in [5.74, 6) is 0.254. The van der Waals surface area contributed by atoms with E-state index in [2.05, 4.69) is 18.3 Å². The first-order chi connectivity index (χ1) is 10.6. The summed E-state index contributed by atoms with van der Waals surface area (Å²) < 4.78 is 0. The molecule has 2 aliphatic carbocycles. The standard InChI is InChI=1S/C17H27N3OS/c1-17(9-10-17)15(21)19-12-5-13-20(19)16(22)18-11-8-14-6-3-2-4-7-14/h6H,2-5,7-13H2,1H3,(H,18,22). The van der Waals surface area contributed by atoms with E-state index in [4.69, 9.17) is 12.2 Å². The molecule has 1 saturated heterocycles. The first kappa shape index (κ1) is 15.8. The number of hydrogen-bond acceptors (Lipinski definition) is 2. The fraction of sp³-hybridized carbons (Fsp3) is 0.765. The topological polar surface area (TPSA) is 35.6 Å². The Morgan fingerprint density at radius 2 is 2.05 bits per heavy atom. The molecule has 1 N–H and O–H groups in total. The maximum Gasteiger partial charge on any atom is 0.247 e. The van der Waals surface area contributed by atoms with E-state index in [0.29, 0.717) is 5.11 Å². The lowest BCUT2D eigenvalue weighted by atomic mass is 9.97. The van der Waals surface area contributed by atoms with Crippen molar-refractivity contribution in [2.75, 3.05) is 19.6 Å². The molecule has 0 spiro atoms. The minimum atomic E-state index is -0.120. The zero-order chi connectivity index (χ0) is 15.6. The molecule has 5 heteroatoms. The highest BCUT2D eigenvalue weighted by Gasteiger charge is 2.49. The summed E-state index contributed by atoms with van der Waals surface area (Å²) in [6.45, 7) is 4.61. The van der Waals surface area contributed by atoms with Gasteiger partial charge in [0.2, 0.25) is 5.91 Å². The summed E-state index contributed by atoms with van der Waals surface area (Å²) in [6, 6.07) is 0. The smallest absolute Gasteiger partial charge is 0.247 e. The van der Waals surface area contributed by atoms with Crippen molar-refractivity contribution < 1.29 is 4.79 Å². The number of hydrogen-bond donors (Lipinski definition) is 1. The van der Waals surface area contributed by atoms with E-state index >= 15 is 0 Å². The van der Waals surface area contributed by atoms with Crippen molar-refractivity contribution in [2.24, 2.45) is 5.41 Å². The second kappa shape index (κ2) is 6.57. The monoisotopic (exact) mass is 321 g/mol. The Balaban J connectivity index is 1.48. The zero-order valence-electron chi connectivity index (χ0n) is 13.6. The van der Waals surface area contributed by atoms with Crippen molar-refractivity contribution in [3.8, 4) is 0 Å². The highest BCUT2D eigenvalue weighted by Crippen LogP contribution is 2.47. The number of nitrogens with one attached hydrogen (secondary N) is 1. The summed E-state index contributed by atoms with van der Waals surface area (Å²) in [4.78, 5) is 12.6. The average molecular weight is 321 g/mol. The lowest BCUT2D eigenvalue weighted by molar-refractivity contribution is -0.144. The van der Waals surface area contributed by atoms with Crippen LogP contribution >= 0.6 is 12.2 Å². The van der Waals surface area contributed by atoms with Gasteiger partial charge in [-0.05, 0) is 63.6 Å². The van der Waals surface area contributed by atoms with E-state index in [0.717, 1.165) is 45.3 Å². The summed E-state index contributed by atoms with van der Waals surface area (Å²) in [7, 11) is 0. The normalized spacial score (nSPS) is 23.2. The van der Waals surface area contributed by atoms with Crippen LogP contribution in [0.15, 0.2) is 11.6 Å². The van der Waals surface area contributed by atoms with Crippen LogP contribution in [-0.4, -0.2) is 40.7 Å². The van der Waals surface area contributed by atoms with Crippen LogP contribution in [0.1, 0.15) is 58.3 Å². The van der Waals surface area contributed by atoms with Gasteiger partial charge in [0.1, 0.15) is 0 Å². The third-order valence-corrected chi connectivity index (χ3v) is 5.48. The summed E-state index contributed by atoms with van der Waals surface area (Å²) in [5.41, 5.74) is 1.44. The van der Waals surface area contributed by atoms with Gasteiger partial charge in [-0.2, -0.15) is 0 Å². The maximum atomic E-state index is 12.6. The van der Waals surface area contributed by atoms with Crippen molar-refractivity contribution in [3.05, 3.63) is 11.6 Å². The number of rotatable bonds is 4. The molecule has 2 fully saturated rings. The van der Waals surface area contributed by atoms with Crippen LogP contribution in [0.5, 0.6) is 0 Å². The first-order valence-corrected chi connectivity index (χ1v) is 9.06. The number of thiocarbonyl (C=S) groups is 1. The highest BCUT2D eigenvalue weighted by atomic mass is 32.1. The summed E-state index contributed by atoms with van der Waals surface area (Å²) >= 11 is 5.52. The molecule has 1 heterocycles. The Hall–Kier alpha value is -1.10. The Morgan fingerprint density at radius 3 is 2.73 bits per heavy atom. The SMILES string of the molecule is CC1(C(=O)N2CCCN2C(=S)NCCC2=CCCCC2)CC1. The number of nitrogens with zero attached hydrogens (tertiary/aromatic N) is 2.